The standard InChI is InChI=1S/C15H23NO2/c1-16(2)11-13-6-3-4-9-15(13,18)12-7-5-8-14(17)10-12/h5,7-8,10,13,17-18H,3-4,6,9,11H2,1-2H3/t13-,15+/m0/s1/i/hD. The van der Waals surface area contributed by atoms with Crippen LogP contribution in [0.1, 0.15) is 31.2 Å². The van der Waals surface area contributed by atoms with E-state index in [4.69, 9.17) is 1.43 Å². The number of hydrogen-bond acceptors (Lipinski definition) is 3. The summed E-state index contributed by atoms with van der Waals surface area (Å²) in [6.45, 7) is 0.877. The number of aliphatic hydroxyl groups is 1. The molecule has 1 saturated carbocycles. The number of nitrogens with zero attached hydrogens (tertiary/aromatic N) is 1. The van der Waals surface area contributed by atoms with E-state index in [0.29, 0.717) is 5.75 Å². The third-order valence-corrected chi connectivity index (χ3v) is 3.96. The Morgan fingerprint density at radius 2 is 2.28 bits per heavy atom. The molecule has 0 heterocycles. The van der Waals surface area contributed by atoms with Gasteiger partial charge in [0.15, 0.2) is 0 Å². The van der Waals surface area contributed by atoms with E-state index in [2.05, 4.69) is 10.0 Å². The number of phenolic OH excluding ortho intramolecular Hbond substituents is 1. The molecule has 2 N–H and O–H groups in total. The maximum Gasteiger partial charge on any atom is 0.293 e. The molecule has 0 radical (unpaired) electrons. The molecule has 0 aromatic heterocycles. The van der Waals surface area contributed by atoms with E-state index in [0.717, 1.165) is 31.4 Å². The molecule has 3 heteroatoms. The number of benzene rings is 1. The topological polar surface area (TPSA) is 43.7 Å². The Bertz CT molecular complexity index is 424. The van der Waals surface area contributed by atoms with Crippen molar-refractivity contribution in [2.24, 2.45) is 5.92 Å². The molecule has 2 rings (SSSR count). The molecular weight excluding hydrogens is 226 g/mol. The maximum absolute atomic E-state index is 11.1. The van der Waals surface area contributed by atoms with Crippen molar-refractivity contribution < 1.29 is 10.2 Å². The zero-order valence-corrected chi connectivity index (χ0v) is 11.2. The van der Waals surface area contributed by atoms with E-state index in [-0.39, 0.29) is 5.92 Å². The molecule has 100 valence electrons. The summed E-state index contributed by atoms with van der Waals surface area (Å²) >= 11 is 0. The van der Waals surface area contributed by atoms with Crippen molar-refractivity contribution >= 4 is 0 Å². The zero-order chi connectivity index (χ0) is 13.9. The van der Waals surface area contributed by atoms with Crippen molar-refractivity contribution in [3.8, 4) is 5.75 Å². The van der Waals surface area contributed by atoms with Crippen molar-refractivity contribution in [2.45, 2.75) is 31.3 Å². The first kappa shape index (κ1) is 12.0. The average Bonchev–Trinajstić information content (AvgIpc) is 2.41. The molecule has 1 aliphatic rings. The van der Waals surface area contributed by atoms with E-state index in [1.54, 1.807) is 12.1 Å². The van der Waals surface area contributed by atoms with Crippen LogP contribution in [0, 0.1) is 5.92 Å². The molecule has 1 fully saturated rings. The van der Waals surface area contributed by atoms with Gasteiger partial charge in [0.2, 0.25) is 0 Å². The molecule has 2 atom stereocenters. The summed E-state index contributed by atoms with van der Waals surface area (Å²) in [6, 6.07) is 7.32. The summed E-state index contributed by atoms with van der Waals surface area (Å²) in [5.41, 5.74) is 0.0839. The summed E-state index contributed by atoms with van der Waals surface area (Å²) in [5, 5.41) is 15.7. The highest BCUT2D eigenvalue weighted by molar-refractivity contribution is 5.32. The van der Waals surface area contributed by atoms with Crippen LogP contribution in [-0.4, -0.2) is 37.2 Å². The first-order valence-electron chi connectivity index (χ1n) is 7.08. The van der Waals surface area contributed by atoms with Crippen LogP contribution in [-0.2, 0) is 5.60 Å². The lowest BCUT2D eigenvalue weighted by Gasteiger charge is -2.41. The lowest BCUT2D eigenvalue weighted by Crippen LogP contribution is -2.43. The Morgan fingerprint density at radius 3 is 3.00 bits per heavy atom. The fourth-order valence-electron chi connectivity index (χ4n) is 3.06. The highest BCUT2D eigenvalue weighted by Gasteiger charge is 2.40. The smallest absolute Gasteiger partial charge is 0.293 e. The van der Waals surface area contributed by atoms with Crippen molar-refractivity contribution in [1.29, 1.82) is 1.43 Å². The lowest BCUT2D eigenvalue weighted by molar-refractivity contribution is -0.0619. The third-order valence-electron chi connectivity index (χ3n) is 3.96. The normalized spacial score (nSPS) is 29.1. The van der Waals surface area contributed by atoms with Gasteiger partial charge in [0, 0.05) is 12.5 Å². The number of aromatic hydroxyl groups is 1. The van der Waals surface area contributed by atoms with Gasteiger partial charge in [-0.15, -0.1) is 0 Å². The largest absolute Gasteiger partial charge is 0.508 e. The monoisotopic (exact) mass is 250 g/mol. The van der Waals surface area contributed by atoms with Crippen LogP contribution >= 0.6 is 0 Å². The first-order chi connectivity index (χ1) is 9.06. The Balaban J connectivity index is 2.30. The molecule has 0 amide bonds. The second kappa shape index (κ2) is 5.29. The number of phenols is 1. The number of hydrogen-bond donors (Lipinski definition) is 2. The Labute approximate surface area is 111 Å². The molecule has 0 saturated heterocycles. The van der Waals surface area contributed by atoms with Crippen molar-refractivity contribution in [3.63, 3.8) is 0 Å². The van der Waals surface area contributed by atoms with Gasteiger partial charge in [-0.3, -0.25) is 0 Å². The van der Waals surface area contributed by atoms with Crippen LogP contribution in [0.3, 0.4) is 0 Å². The van der Waals surface area contributed by atoms with E-state index in [1.165, 1.54) is 6.42 Å². The van der Waals surface area contributed by atoms with E-state index < -0.39 is 5.60 Å². The van der Waals surface area contributed by atoms with E-state index in [1.807, 2.05) is 26.2 Å². The summed E-state index contributed by atoms with van der Waals surface area (Å²) < 4.78 is 6.99. The van der Waals surface area contributed by atoms with Gasteiger partial charge in [0.1, 0.15) is 5.75 Å². The minimum atomic E-state index is -0.795. The summed E-state index contributed by atoms with van der Waals surface area (Å²) in [7, 11) is 4.08. The molecule has 1 aliphatic carbocycles. The fourth-order valence-corrected chi connectivity index (χ4v) is 3.06. The van der Waals surface area contributed by atoms with E-state index >= 15 is 0 Å². The molecule has 18 heavy (non-hydrogen) atoms. The predicted molar refractivity (Wildman–Crippen MR) is 72.5 cm³/mol. The second-order valence-electron chi connectivity index (χ2n) is 5.66. The molecular formula is C15H23NO2. The summed E-state index contributed by atoms with van der Waals surface area (Å²) in [6.07, 6.45) is 4.05. The summed E-state index contributed by atoms with van der Waals surface area (Å²) in [5.74, 6) is 0.720. The van der Waals surface area contributed by atoms with Crippen LogP contribution in [0.5, 0.6) is 5.75 Å². The SMILES string of the molecule is [2H]Oc1cccc([C@]2(O)CCCC[C@H]2CN(C)C)c1. The first-order valence-corrected chi connectivity index (χ1v) is 6.67. The molecule has 1 aromatic rings. The van der Waals surface area contributed by atoms with Crippen LogP contribution in [0.4, 0.5) is 0 Å². The summed E-state index contributed by atoms with van der Waals surface area (Å²) in [4.78, 5) is 2.13. The minimum Gasteiger partial charge on any atom is -0.508 e. The van der Waals surface area contributed by atoms with Crippen LogP contribution in [0.25, 0.3) is 0 Å². The van der Waals surface area contributed by atoms with Gasteiger partial charge in [-0.2, -0.15) is 0 Å². The van der Waals surface area contributed by atoms with Gasteiger partial charge in [-0.05, 0) is 44.6 Å². The molecule has 0 unspecified atom stereocenters. The highest BCUT2D eigenvalue weighted by Crippen LogP contribution is 2.42. The van der Waals surface area contributed by atoms with Crippen LogP contribution in [0.2, 0.25) is 0 Å². The van der Waals surface area contributed by atoms with Crippen LogP contribution in [0.15, 0.2) is 24.3 Å². The predicted octanol–water partition coefficient (Wildman–Crippen LogP) is 2.33. The average molecular weight is 250 g/mol. The fraction of sp³-hybridized carbons (Fsp3) is 0.600. The zero-order valence-electron chi connectivity index (χ0n) is 12.2. The van der Waals surface area contributed by atoms with Crippen LogP contribution < -0.4 is 0 Å². The third kappa shape index (κ3) is 2.68. The van der Waals surface area contributed by atoms with Crippen molar-refractivity contribution in [1.82, 2.24) is 4.90 Å². The quantitative estimate of drug-likeness (QED) is 0.862. The molecule has 0 aliphatic heterocycles. The molecule has 0 spiro atoms. The maximum atomic E-state index is 11.1. The molecule has 1 aromatic carbocycles. The highest BCUT2D eigenvalue weighted by atomic mass is 16.3. The Kier molecular flexibility index (Phi) is 3.52. The molecule has 0 bridgehead atoms. The Hall–Kier alpha value is -1.06. The second-order valence-corrected chi connectivity index (χ2v) is 5.66. The van der Waals surface area contributed by atoms with Crippen molar-refractivity contribution in [3.05, 3.63) is 29.8 Å². The van der Waals surface area contributed by atoms with Gasteiger partial charge in [-0.25, -0.2) is 0 Å². The molecule has 3 nitrogen and oxygen atoms in total. The van der Waals surface area contributed by atoms with Crippen molar-refractivity contribution in [2.75, 3.05) is 20.6 Å². The Morgan fingerprint density at radius 1 is 1.44 bits per heavy atom. The van der Waals surface area contributed by atoms with E-state index in [9.17, 15) is 5.11 Å². The number of rotatable bonds is 4. The van der Waals surface area contributed by atoms with Gasteiger partial charge in [0.25, 0.3) is 1.43 Å². The van der Waals surface area contributed by atoms with Gasteiger partial charge < -0.3 is 15.1 Å². The van der Waals surface area contributed by atoms with Gasteiger partial charge in [-0.1, -0.05) is 25.0 Å². The van der Waals surface area contributed by atoms with Gasteiger partial charge >= 0.3 is 0 Å². The lowest BCUT2D eigenvalue weighted by atomic mass is 9.71. The minimum absolute atomic E-state index is 0.234. The van der Waals surface area contributed by atoms with Gasteiger partial charge in [0.05, 0.1) is 5.60 Å².